The van der Waals surface area contributed by atoms with Gasteiger partial charge in [-0.2, -0.15) is 0 Å². The third-order valence-corrected chi connectivity index (χ3v) is 3.52. The second-order valence-corrected chi connectivity index (χ2v) is 4.79. The van der Waals surface area contributed by atoms with Crippen LogP contribution in [0.4, 0.5) is 0 Å². The van der Waals surface area contributed by atoms with Gasteiger partial charge in [0.2, 0.25) is 0 Å². The van der Waals surface area contributed by atoms with Gasteiger partial charge in [0, 0.05) is 5.02 Å². The highest BCUT2D eigenvalue weighted by Crippen LogP contribution is 2.49. The fourth-order valence-corrected chi connectivity index (χ4v) is 2.81. The van der Waals surface area contributed by atoms with Gasteiger partial charge in [-0.3, -0.25) is 4.79 Å². The van der Waals surface area contributed by atoms with Gasteiger partial charge >= 0.3 is 5.97 Å². The zero-order valence-corrected chi connectivity index (χ0v) is 9.29. The predicted octanol–water partition coefficient (Wildman–Crippen LogP) is 3.09. The molecule has 80 valence electrons. The van der Waals surface area contributed by atoms with Crippen LogP contribution in [-0.4, -0.2) is 11.1 Å². The first-order chi connectivity index (χ1) is 7.06. The molecule has 0 bridgehead atoms. The van der Waals surface area contributed by atoms with Gasteiger partial charge in [0.25, 0.3) is 0 Å². The number of rotatable bonds is 2. The third-order valence-electron chi connectivity index (χ3n) is 3.19. The summed E-state index contributed by atoms with van der Waals surface area (Å²) >= 11 is 6.05. The molecule has 0 atom stereocenters. The fourth-order valence-electron chi connectivity index (χ4n) is 2.49. The number of halogens is 1. The van der Waals surface area contributed by atoms with Gasteiger partial charge in [0.15, 0.2) is 0 Å². The summed E-state index contributed by atoms with van der Waals surface area (Å²) < 4.78 is 0. The molecule has 2 rings (SSSR count). The van der Waals surface area contributed by atoms with E-state index in [0.717, 1.165) is 5.56 Å². The fraction of sp³-hybridized carbons (Fsp3) is 0.417. The molecule has 1 N–H and O–H groups in total. The number of carboxylic acid groups (broad SMARTS) is 1. The molecule has 0 aliphatic heterocycles. The van der Waals surface area contributed by atoms with Gasteiger partial charge in [0.05, 0.1) is 5.41 Å². The molecule has 1 aliphatic carbocycles. The number of carbonyl (C=O) groups is 1. The summed E-state index contributed by atoms with van der Waals surface area (Å²) in [4.78, 5) is 11.3. The Labute approximate surface area is 93.9 Å². The van der Waals surface area contributed by atoms with Crippen molar-refractivity contribution in [1.29, 1.82) is 0 Å². The van der Waals surface area contributed by atoms with Crippen molar-refractivity contribution in [2.75, 3.05) is 0 Å². The normalized spacial score (nSPS) is 29.6. The van der Waals surface area contributed by atoms with Gasteiger partial charge in [-0.15, -0.1) is 0 Å². The number of carboxylic acids is 1. The summed E-state index contributed by atoms with van der Waals surface area (Å²) in [7, 11) is 0. The summed E-state index contributed by atoms with van der Waals surface area (Å²) in [5.74, 6) is -0.286. The molecule has 0 spiro atoms. The molecule has 0 heterocycles. The minimum absolute atomic E-state index is 0.470. The Morgan fingerprint density at radius 2 is 2.07 bits per heavy atom. The van der Waals surface area contributed by atoms with Crippen LogP contribution in [0, 0.1) is 5.92 Å². The van der Waals surface area contributed by atoms with E-state index in [0.29, 0.717) is 23.8 Å². The molecule has 1 aliphatic rings. The number of benzene rings is 1. The van der Waals surface area contributed by atoms with Crippen LogP contribution in [0.3, 0.4) is 0 Å². The summed E-state index contributed by atoms with van der Waals surface area (Å²) in [6.45, 7) is 2.07. The molecular weight excluding hydrogens is 212 g/mol. The van der Waals surface area contributed by atoms with Gasteiger partial charge in [-0.25, -0.2) is 0 Å². The zero-order chi connectivity index (χ0) is 11.1. The first-order valence-electron chi connectivity index (χ1n) is 5.05. The van der Waals surface area contributed by atoms with Crippen LogP contribution in [-0.2, 0) is 10.2 Å². The molecular formula is C12H13ClO2. The monoisotopic (exact) mass is 224 g/mol. The van der Waals surface area contributed by atoms with Gasteiger partial charge in [-0.05, 0) is 30.4 Å². The Kier molecular flexibility index (Phi) is 2.47. The van der Waals surface area contributed by atoms with E-state index >= 15 is 0 Å². The Bertz CT molecular complexity index is 394. The molecule has 1 aromatic carbocycles. The SMILES string of the molecule is CC1CC(C(=O)O)(c2ccccc2Cl)C1. The Morgan fingerprint density at radius 1 is 1.47 bits per heavy atom. The molecule has 0 aromatic heterocycles. The van der Waals surface area contributed by atoms with E-state index in [1.807, 2.05) is 18.2 Å². The Morgan fingerprint density at radius 3 is 2.53 bits per heavy atom. The van der Waals surface area contributed by atoms with Crippen LogP contribution in [0.15, 0.2) is 24.3 Å². The summed E-state index contributed by atoms with van der Waals surface area (Å²) in [6, 6.07) is 7.24. The lowest BCUT2D eigenvalue weighted by Gasteiger charge is -2.43. The minimum atomic E-state index is -0.756. The van der Waals surface area contributed by atoms with Gasteiger partial charge in [0.1, 0.15) is 0 Å². The topological polar surface area (TPSA) is 37.3 Å². The molecule has 0 amide bonds. The van der Waals surface area contributed by atoms with Crippen molar-refractivity contribution in [1.82, 2.24) is 0 Å². The summed E-state index contributed by atoms with van der Waals surface area (Å²) in [5.41, 5.74) is 0.0230. The van der Waals surface area contributed by atoms with Crippen molar-refractivity contribution < 1.29 is 9.90 Å². The Hall–Kier alpha value is -1.02. The van der Waals surface area contributed by atoms with E-state index in [1.54, 1.807) is 6.07 Å². The third kappa shape index (κ3) is 1.53. The first kappa shape index (κ1) is 10.5. The lowest BCUT2D eigenvalue weighted by atomic mass is 9.59. The predicted molar refractivity (Wildman–Crippen MR) is 59.2 cm³/mol. The van der Waals surface area contributed by atoms with Crippen molar-refractivity contribution in [3.05, 3.63) is 34.9 Å². The second-order valence-electron chi connectivity index (χ2n) is 4.38. The smallest absolute Gasteiger partial charge is 0.314 e. The van der Waals surface area contributed by atoms with Crippen molar-refractivity contribution in [3.63, 3.8) is 0 Å². The average Bonchev–Trinajstić information content (AvgIpc) is 2.13. The Balaban J connectivity index is 2.43. The minimum Gasteiger partial charge on any atom is -0.481 e. The first-order valence-corrected chi connectivity index (χ1v) is 5.42. The van der Waals surface area contributed by atoms with Crippen molar-refractivity contribution in [3.8, 4) is 0 Å². The van der Waals surface area contributed by atoms with Gasteiger partial charge in [-0.1, -0.05) is 36.7 Å². The lowest BCUT2D eigenvalue weighted by molar-refractivity contribution is -0.149. The highest BCUT2D eigenvalue weighted by molar-refractivity contribution is 6.31. The molecule has 1 saturated carbocycles. The second kappa shape index (κ2) is 3.53. The van der Waals surface area contributed by atoms with Crippen molar-refractivity contribution in [2.45, 2.75) is 25.2 Å². The number of aliphatic carboxylic acids is 1. The molecule has 0 radical (unpaired) electrons. The molecule has 1 fully saturated rings. The van der Waals surface area contributed by atoms with Crippen LogP contribution >= 0.6 is 11.6 Å². The van der Waals surface area contributed by atoms with E-state index in [1.165, 1.54) is 0 Å². The van der Waals surface area contributed by atoms with E-state index in [-0.39, 0.29) is 0 Å². The van der Waals surface area contributed by atoms with Gasteiger partial charge < -0.3 is 5.11 Å². The standard InChI is InChI=1S/C12H13ClO2/c1-8-6-12(7-8,11(14)15)9-4-2-3-5-10(9)13/h2-5,8H,6-7H2,1H3,(H,14,15). The lowest BCUT2D eigenvalue weighted by Crippen LogP contribution is -2.47. The zero-order valence-electron chi connectivity index (χ0n) is 8.53. The van der Waals surface area contributed by atoms with Crippen LogP contribution in [0.25, 0.3) is 0 Å². The van der Waals surface area contributed by atoms with Crippen LogP contribution < -0.4 is 0 Å². The summed E-state index contributed by atoms with van der Waals surface area (Å²) in [5, 5.41) is 9.88. The number of hydrogen-bond acceptors (Lipinski definition) is 1. The molecule has 3 heteroatoms. The van der Waals surface area contributed by atoms with Crippen molar-refractivity contribution in [2.24, 2.45) is 5.92 Å². The largest absolute Gasteiger partial charge is 0.481 e. The molecule has 2 nitrogen and oxygen atoms in total. The maximum Gasteiger partial charge on any atom is 0.314 e. The van der Waals surface area contributed by atoms with E-state index in [9.17, 15) is 9.90 Å². The molecule has 15 heavy (non-hydrogen) atoms. The van der Waals surface area contributed by atoms with E-state index in [2.05, 4.69) is 6.92 Å². The summed E-state index contributed by atoms with van der Waals surface area (Å²) in [6.07, 6.45) is 1.37. The van der Waals surface area contributed by atoms with Crippen molar-refractivity contribution >= 4 is 17.6 Å². The maximum atomic E-state index is 11.3. The molecule has 0 unspecified atom stereocenters. The van der Waals surface area contributed by atoms with E-state index < -0.39 is 11.4 Å². The van der Waals surface area contributed by atoms with Crippen LogP contribution in [0.5, 0.6) is 0 Å². The maximum absolute atomic E-state index is 11.3. The molecule has 0 saturated heterocycles. The number of hydrogen-bond donors (Lipinski definition) is 1. The quantitative estimate of drug-likeness (QED) is 0.838. The average molecular weight is 225 g/mol. The molecule has 1 aromatic rings. The van der Waals surface area contributed by atoms with Crippen LogP contribution in [0.2, 0.25) is 5.02 Å². The highest BCUT2D eigenvalue weighted by Gasteiger charge is 2.50. The highest BCUT2D eigenvalue weighted by atomic mass is 35.5. The van der Waals surface area contributed by atoms with Crippen LogP contribution in [0.1, 0.15) is 25.3 Å². The van der Waals surface area contributed by atoms with E-state index in [4.69, 9.17) is 11.6 Å².